The molecule has 15 rings (SSSR count). The van der Waals surface area contributed by atoms with E-state index < -0.39 is 92.4 Å². The minimum absolute atomic E-state index is 0.0755. The maximum absolute atomic E-state index is 13.8. The Balaban J connectivity index is 0.000000162. The summed E-state index contributed by atoms with van der Waals surface area (Å²) in [6.07, 6.45) is 22.8. The monoisotopic (exact) mass is 1870 g/mol. The summed E-state index contributed by atoms with van der Waals surface area (Å²) in [5.41, 5.74) is 21.6. The first-order valence-electron chi connectivity index (χ1n) is 37.4. The highest BCUT2D eigenvalue weighted by Crippen LogP contribution is 2.37. The molecule has 0 atom stereocenters. The van der Waals surface area contributed by atoms with E-state index in [0.717, 1.165) is 119 Å². The second-order valence-corrected chi connectivity index (χ2v) is 30.0. The van der Waals surface area contributed by atoms with Crippen molar-refractivity contribution < 1.29 is 63.6 Å². The van der Waals surface area contributed by atoms with Crippen molar-refractivity contribution in [3.63, 3.8) is 0 Å². The number of carbonyl (C=O) groups is 4. The summed E-state index contributed by atoms with van der Waals surface area (Å²) >= 11 is 5.28. The van der Waals surface area contributed by atoms with E-state index in [9.17, 15) is 54.3 Å². The average Bonchev–Trinajstić information content (AvgIpc) is 1.62. The summed E-state index contributed by atoms with van der Waals surface area (Å²) < 4.78 is 122. The molecule has 22 nitrogen and oxygen atoms in total. The molecule has 0 saturated carbocycles. The van der Waals surface area contributed by atoms with E-state index in [-0.39, 0.29) is 41.6 Å². The van der Waals surface area contributed by atoms with Crippen molar-refractivity contribution in [2.45, 2.75) is 66.6 Å². The van der Waals surface area contributed by atoms with Crippen LogP contribution in [0.5, 0.6) is 0 Å². The number of terminal acetylenes is 1. The van der Waals surface area contributed by atoms with Crippen LogP contribution in [0.25, 0.3) is 33.8 Å². The molecule has 6 aromatic heterocycles. The van der Waals surface area contributed by atoms with Gasteiger partial charge in [-0.2, -0.15) is 0 Å². The van der Waals surface area contributed by atoms with Crippen LogP contribution in [-0.2, 0) is 9.31 Å². The maximum atomic E-state index is 13.8. The van der Waals surface area contributed by atoms with E-state index >= 15 is 0 Å². The van der Waals surface area contributed by atoms with Gasteiger partial charge in [0, 0.05) is 73.1 Å². The summed E-state index contributed by atoms with van der Waals surface area (Å²) in [5.74, 6) is -2.24. The SMILES string of the molecule is C#Cc1cccnc1.Cc1ccc(C#Cc2cccnc2)cc1-c1cnc(NC(=O)c2c(F)cccc2F)cn1.Cc1ccc(I)cc1-c1cnc(NC(=O)c2c(F)cccc2F)cn1.Cc1ccc(N)cc1-c1cnc(NC(=O)c2c(F)cccc2F)cn1.Cc1ccc(N)cc1B1OC(C)(C)C(C)(C)O1.O=C(Nc1cnc(Br)cn1)c1c(F)cccc1F. The Morgan fingerprint density at radius 1 is 0.392 bits per heavy atom. The predicted octanol–water partition coefficient (Wildman–Crippen LogP) is 18.6. The van der Waals surface area contributed by atoms with Gasteiger partial charge in [0.15, 0.2) is 23.3 Å². The van der Waals surface area contributed by atoms with Gasteiger partial charge in [-0.25, -0.2) is 60.0 Å². The lowest BCUT2D eigenvalue weighted by atomic mass is 9.76. The molecular formula is C92H73BBrF8IN16O6. The molecule has 125 heavy (non-hydrogen) atoms. The van der Waals surface area contributed by atoms with Gasteiger partial charge in [0.1, 0.15) is 73.4 Å². The molecule has 8 N–H and O–H groups in total. The summed E-state index contributed by atoms with van der Waals surface area (Å²) in [6, 6.07) is 43.1. The molecule has 4 amide bonds. The number of nitrogens with zero attached hydrogens (tertiary/aromatic N) is 10. The largest absolute Gasteiger partial charge is 0.495 e. The molecule has 0 bridgehead atoms. The molecule has 630 valence electrons. The number of amides is 4. The number of anilines is 6. The Bertz CT molecular complexity index is 6100. The van der Waals surface area contributed by atoms with Gasteiger partial charge in [0.05, 0.1) is 77.9 Å². The third-order valence-electron chi connectivity index (χ3n) is 18.5. The van der Waals surface area contributed by atoms with Crippen molar-refractivity contribution >= 4 is 109 Å². The van der Waals surface area contributed by atoms with Crippen LogP contribution in [0.15, 0.2) is 249 Å². The van der Waals surface area contributed by atoms with Gasteiger partial charge >= 0.3 is 7.12 Å². The van der Waals surface area contributed by atoms with Crippen molar-refractivity contribution in [2.24, 2.45) is 0 Å². The number of nitrogen functional groups attached to an aromatic ring is 2. The number of hydrogen-bond acceptors (Lipinski definition) is 18. The van der Waals surface area contributed by atoms with Gasteiger partial charge in [-0.1, -0.05) is 71.9 Å². The molecule has 0 aliphatic carbocycles. The number of carbonyl (C=O) groups excluding carboxylic acids is 4. The second kappa shape index (κ2) is 42.9. The van der Waals surface area contributed by atoms with Gasteiger partial charge in [-0.05, 0) is 237 Å². The lowest BCUT2D eigenvalue weighted by molar-refractivity contribution is 0.00578. The smallest absolute Gasteiger partial charge is 0.399 e. The molecule has 14 aromatic rings. The number of benzene rings is 8. The van der Waals surface area contributed by atoms with Gasteiger partial charge in [0.2, 0.25) is 0 Å². The highest BCUT2D eigenvalue weighted by Gasteiger charge is 2.52. The zero-order valence-corrected chi connectivity index (χ0v) is 71.3. The standard InChI is InChI=1S/C25H16F2N4O.C18H12F2IN3O.C18H14F2N4O.C13H20BNO2.C11H6BrF2N3O.C7H5N/c1-16-7-8-17(9-10-18-4-3-11-28-13-18)12-19(16)22-14-30-23(15-29-22)31-25(32)24-20(26)5-2-6-21(24)27;2*1-10-5-6-11(21)7-12(10)15-8-23-16(9-22-15)24-18(25)17-13(19)3-2-4-14(17)20;1-9-6-7-10(15)8-11(9)14-16-12(2,3)13(4,5)17-14;12-8-4-16-9(5-15-8)17-11(18)10-6(13)2-1-3-7(10)14;1-2-7-4-3-5-8-6-7/h2-8,11-15H,1H3,(H,30,31,32);2-9H,1H3,(H,23,24,25);2-9H,21H2,1H3,(H,23,24,25);6-8H,15H2,1-5H3;1-5H,(H,16,17,18);1,3-6H. The number of aromatic nitrogens is 10. The number of rotatable bonds is 12. The van der Waals surface area contributed by atoms with Crippen LogP contribution >= 0.6 is 38.5 Å². The van der Waals surface area contributed by atoms with Crippen molar-refractivity contribution in [3.05, 3.63) is 360 Å². The molecular weight excluding hydrogens is 1790 g/mol. The van der Waals surface area contributed by atoms with Gasteiger partial charge in [-0.3, -0.25) is 44.1 Å². The molecule has 1 aliphatic heterocycles. The van der Waals surface area contributed by atoms with E-state index in [0.29, 0.717) is 27.4 Å². The fourth-order valence-corrected chi connectivity index (χ4v) is 11.9. The summed E-state index contributed by atoms with van der Waals surface area (Å²) in [7, 11) is -0.330. The van der Waals surface area contributed by atoms with E-state index in [2.05, 4.69) is 155 Å². The zero-order chi connectivity index (χ0) is 90.2. The zero-order valence-electron chi connectivity index (χ0n) is 67.6. The van der Waals surface area contributed by atoms with Crippen molar-refractivity contribution in [1.82, 2.24) is 49.8 Å². The Labute approximate surface area is 735 Å². The lowest BCUT2D eigenvalue weighted by Gasteiger charge is -2.32. The third kappa shape index (κ3) is 25.4. The molecule has 1 saturated heterocycles. The molecule has 1 aliphatic rings. The second-order valence-electron chi connectivity index (χ2n) is 27.9. The highest BCUT2D eigenvalue weighted by atomic mass is 127. The first kappa shape index (κ1) is 92.9. The first-order valence-corrected chi connectivity index (χ1v) is 39.2. The molecule has 8 aromatic carbocycles. The van der Waals surface area contributed by atoms with E-state index in [1.807, 2.05) is 113 Å². The Hall–Kier alpha value is -14.4. The number of aryl methyl sites for hydroxylation is 4. The van der Waals surface area contributed by atoms with Crippen molar-refractivity contribution in [1.29, 1.82) is 0 Å². The lowest BCUT2D eigenvalue weighted by Crippen LogP contribution is -2.41. The van der Waals surface area contributed by atoms with E-state index in [1.54, 1.807) is 36.9 Å². The van der Waals surface area contributed by atoms with Crippen LogP contribution in [0.4, 0.5) is 69.8 Å². The van der Waals surface area contributed by atoms with E-state index in [1.165, 1.54) is 73.8 Å². The Morgan fingerprint density at radius 2 is 0.728 bits per heavy atom. The van der Waals surface area contributed by atoms with Crippen LogP contribution < -0.4 is 38.2 Å². The van der Waals surface area contributed by atoms with Gasteiger partial charge in [-0.15, -0.1) is 6.42 Å². The summed E-state index contributed by atoms with van der Waals surface area (Å²) in [6.45, 7) is 16.1. The van der Waals surface area contributed by atoms with Crippen molar-refractivity contribution in [3.8, 4) is 58.0 Å². The van der Waals surface area contributed by atoms with Crippen LogP contribution in [-0.4, -0.2) is 91.8 Å². The number of halogens is 10. The number of hydrogen-bond donors (Lipinski definition) is 6. The predicted molar refractivity (Wildman–Crippen MR) is 474 cm³/mol. The molecule has 0 unspecified atom stereocenters. The topological polar surface area (TPSA) is 316 Å². The van der Waals surface area contributed by atoms with E-state index in [4.69, 9.17) is 27.2 Å². The van der Waals surface area contributed by atoms with Crippen molar-refractivity contribution in [2.75, 3.05) is 32.7 Å². The van der Waals surface area contributed by atoms with Gasteiger partial charge < -0.3 is 42.0 Å². The fraction of sp³-hybridized carbons (Fsp3) is 0.109. The quantitative estimate of drug-likeness (QED) is 0.0218. The maximum Gasteiger partial charge on any atom is 0.495 e. The van der Waals surface area contributed by atoms with Crippen LogP contribution in [0.2, 0.25) is 0 Å². The highest BCUT2D eigenvalue weighted by molar-refractivity contribution is 14.1. The van der Waals surface area contributed by atoms with Gasteiger partial charge in [0.25, 0.3) is 23.6 Å². The Morgan fingerprint density at radius 3 is 1.08 bits per heavy atom. The van der Waals surface area contributed by atoms with Crippen LogP contribution in [0.1, 0.15) is 108 Å². The molecule has 0 radical (unpaired) electrons. The minimum atomic E-state index is -0.952. The molecule has 33 heteroatoms. The third-order valence-corrected chi connectivity index (χ3v) is 19.6. The number of nitrogens with one attached hydrogen (secondary N) is 4. The molecule has 0 spiro atoms. The Kier molecular flexibility index (Phi) is 31.9. The fourth-order valence-electron chi connectivity index (χ4n) is 11.2. The van der Waals surface area contributed by atoms with Crippen LogP contribution in [0.3, 0.4) is 0 Å². The summed E-state index contributed by atoms with van der Waals surface area (Å²) in [5, 5.41) is 9.29. The minimum Gasteiger partial charge on any atom is -0.399 e. The average molecular weight is 1870 g/mol. The van der Waals surface area contributed by atoms with Crippen LogP contribution in [0, 0.1) is 102 Å². The molecule has 7 heterocycles. The summed E-state index contributed by atoms with van der Waals surface area (Å²) in [4.78, 5) is 88.6. The normalized spacial score (nSPS) is 11.8. The number of nitrogens with two attached hydrogens (primary N) is 2. The molecule has 1 fully saturated rings. The first-order chi connectivity index (χ1) is 59.6. The number of pyridine rings is 2.